The molecule has 0 aliphatic carbocycles. The van der Waals surface area contributed by atoms with Crippen molar-refractivity contribution in [3.8, 4) is 11.1 Å². The van der Waals surface area contributed by atoms with Crippen molar-refractivity contribution in [3.63, 3.8) is 0 Å². The van der Waals surface area contributed by atoms with Gasteiger partial charge in [-0.15, -0.1) is 0 Å². The van der Waals surface area contributed by atoms with Crippen LogP contribution in [-0.4, -0.2) is 31.1 Å². The van der Waals surface area contributed by atoms with Crippen LogP contribution in [0.25, 0.3) is 22.0 Å². The second kappa shape index (κ2) is 10.2. The number of ketones is 1. The molecule has 0 aliphatic heterocycles. The molecule has 1 unspecified atom stereocenters. The largest absolute Gasteiger partial charge is 0.294 e. The third-order valence-electron chi connectivity index (χ3n) is 5.25. The zero-order valence-corrected chi connectivity index (χ0v) is 18.4. The lowest BCUT2D eigenvalue weighted by Gasteiger charge is -2.11. The van der Waals surface area contributed by atoms with Crippen LogP contribution >= 0.6 is 0 Å². The summed E-state index contributed by atoms with van der Waals surface area (Å²) in [6.45, 7) is 0.0434. The minimum absolute atomic E-state index is 0.0238. The first-order valence-corrected chi connectivity index (χ1v) is 11.3. The normalized spacial score (nSPS) is 12.1. The van der Waals surface area contributed by atoms with Gasteiger partial charge < -0.3 is 0 Å². The van der Waals surface area contributed by atoms with Gasteiger partial charge in [-0.1, -0.05) is 6.07 Å². The lowest BCUT2D eigenvalue weighted by Crippen LogP contribution is -2.18. The molecule has 1 atom stereocenters. The molecule has 2 aromatic heterocycles. The van der Waals surface area contributed by atoms with E-state index in [4.69, 9.17) is 4.55 Å². The number of aryl methyl sites for hydroxylation is 1. The molecule has 2 N–H and O–H groups in total. The molecule has 4 aromatic rings. The number of hydrogen-bond acceptors (Lipinski definition) is 4. The molecular formula is C24H18F3N3O3S. The van der Waals surface area contributed by atoms with Crippen molar-refractivity contribution in [2.45, 2.75) is 12.8 Å². The zero-order valence-electron chi connectivity index (χ0n) is 17.6. The van der Waals surface area contributed by atoms with Crippen molar-refractivity contribution in [1.29, 1.82) is 0 Å². The average molecular weight is 485 g/mol. The fraction of sp³-hybridized carbons (Fsp3) is 0.125. The number of hydrogen-bond donors (Lipinski definition) is 2. The molecule has 0 amide bonds. The van der Waals surface area contributed by atoms with Gasteiger partial charge in [-0.2, -0.15) is 0 Å². The standard InChI is InChI=1S/C24H18F3N3O3S/c25-19-11-14(3-2-8-30-34(32)33)22(26)21(23(19)27)24(31)15-5-6-20-17(9-15)10-18(13-29-20)16-4-1-7-28-12-16/h1,4-7,9-13,30H,2-3,8H2,(H,32,33). The van der Waals surface area contributed by atoms with E-state index in [0.29, 0.717) is 17.0 Å². The number of fused-ring (bicyclic) bond motifs is 1. The monoisotopic (exact) mass is 485 g/mol. The third-order valence-corrected chi connectivity index (χ3v) is 5.70. The highest BCUT2D eigenvalue weighted by atomic mass is 32.2. The number of rotatable bonds is 8. The Kier molecular flexibility index (Phi) is 7.11. The molecular weight excluding hydrogens is 467 g/mol. The maximum Gasteiger partial charge on any atom is 0.231 e. The van der Waals surface area contributed by atoms with Gasteiger partial charge in [0.25, 0.3) is 0 Å². The van der Waals surface area contributed by atoms with Gasteiger partial charge in [-0.05, 0) is 54.8 Å². The summed E-state index contributed by atoms with van der Waals surface area (Å²) in [7, 11) is 0. The van der Waals surface area contributed by atoms with Crippen LogP contribution in [0.2, 0.25) is 0 Å². The first kappa shape index (κ1) is 23.7. The number of benzene rings is 2. The van der Waals surface area contributed by atoms with Crippen LogP contribution in [0.3, 0.4) is 0 Å². The zero-order chi connectivity index (χ0) is 24.2. The highest BCUT2D eigenvalue weighted by Gasteiger charge is 2.25. The molecule has 6 nitrogen and oxygen atoms in total. The van der Waals surface area contributed by atoms with Crippen LogP contribution in [0.1, 0.15) is 27.9 Å². The predicted molar refractivity (Wildman–Crippen MR) is 122 cm³/mol. The van der Waals surface area contributed by atoms with E-state index in [-0.39, 0.29) is 30.5 Å². The van der Waals surface area contributed by atoms with E-state index in [1.165, 1.54) is 12.1 Å². The Morgan fingerprint density at radius 2 is 1.85 bits per heavy atom. The van der Waals surface area contributed by atoms with E-state index in [1.807, 2.05) is 6.07 Å². The molecule has 0 saturated carbocycles. The van der Waals surface area contributed by atoms with E-state index in [2.05, 4.69) is 14.7 Å². The van der Waals surface area contributed by atoms with E-state index >= 15 is 4.39 Å². The Morgan fingerprint density at radius 1 is 1.03 bits per heavy atom. The number of carbonyl (C=O) groups excluding carboxylic acids is 1. The van der Waals surface area contributed by atoms with E-state index in [1.54, 1.807) is 36.8 Å². The van der Waals surface area contributed by atoms with Gasteiger partial charge in [0.15, 0.2) is 17.4 Å². The lowest BCUT2D eigenvalue weighted by atomic mass is 9.96. The van der Waals surface area contributed by atoms with Gasteiger partial charge in [0.1, 0.15) is 5.82 Å². The first-order chi connectivity index (χ1) is 16.3. The third kappa shape index (κ3) is 5.04. The van der Waals surface area contributed by atoms with Crippen molar-refractivity contribution in [2.75, 3.05) is 6.54 Å². The molecule has 0 bridgehead atoms. The molecule has 34 heavy (non-hydrogen) atoms. The summed E-state index contributed by atoms with van der Waals surface area (Å²) < 4.78 is 65.4. The SMILES string of the molecule is O=C(c1ccc2ncc(-c3cccnc3)cc2c1)c1c(F)c(F)cc(CCCNS(=O)O)c1F. The maximum absolute atomic E-state index is 15.1. The molecule has 0 aliphatic rings. The minimum Gasteiger partial charge on any atom is -0.294 e. The number of pyridine rings is 2. The molecule has 0 saturated heterocycles. The summed E-state index contributed by atoms with van der Waals surface area (Å²) in [5, 5.41) is 0.563. The Balaban J connectivity index is 1.68. The lowest BCUT2D eigenvalue weighted by molar-refractivity contribution is 0.102. The number of aromatic nitrogens is 2. The van der Waals surface area contributed by atoms with Crippen LogP contribution in [0, 0.1) is 17.5 Å². The number of nitrogens with one attached hydrogen (secondary N) is 1. The maximum atomic E-state index is 15.1. The summed E-state index contributed by atoms with van der Waals surface area (Å²) in [5.41, 5.74) is 0.912. The first-order valence-electron chi connectivity index (χ1n) is 10.2. The van der Waals surface area contributed by atoms with Gasteiger partial charge >= 0.3 is 0 Å². The quantitative estimate of drug-likeness (QED) is 0.165. The molecule has 2 heterocycles. The Labute approximate surface area is 195 Å². The van der Waals surface area contributed by atoms with Crippen LogP contribution in [0.5, 0.6) is 0 Å². The Morgan fingerprint density at radius 3 is 2.59 bits per heavy atom. The summed E-state index contributed by atoms with van der Waals surface area (Å²) in [6, 6.07) is 10.5. The van der Waals surface area contributed by atoms with Gasteiger partial charge in [-0.3, -0.25) is 19.3 Å². The van der Waals surface area contributed by atoms with Crippen LogP contribution in [0.15, 0.2) is 61.1 Å². The molecule has 4 rings (SSSR count). The molecule has 0 radical (unpaired) electrons. The van der Waals surface area contributed by atoms with Crippen LogP contribution < -0.4 is 4.72 Å². The van der Waals surface area contributed by atoms with E-state index < -0.39 is 40.1 Å². The van der Waals surface area contributed by atoms with Gasteiger partial charge in [0, 0.05) is 47.2 Å². The van der Waals surface area contributed by atoms with E-state index in [9.17, 15) is 17.8 Å². The highest BCUT2D eigenvalue weighted by molar-refractivity contribution is 7.77. The number of carbonyl (C=O) groups is 1. The second-order valence-corrected chi connectivity index (χ2v) is 8.26. The topological polar surface area (TPSA) is 92.2 Å². The molecule has 0 spiro atoms. The number of nitrogens with zero attached hydrogens (tertiary/aromatic N) is 2. The molecule has 174 valence electrons. The highest BCUT2D eigenvalue weighted by Crippen LogP contribution is 2.27. The van der Waals surface area contributed by atoms with Gasteiger partial charge in [0.2, 0.25) is 11.3 Å². The van der Waals surface area contributed by atoms with Crippen LogP contribution in [0.4, 0.5) is 13.2 Å². The van der Waals surface area contributed by atoms with Gasteiger partial charge in [0.05, 0.1) is 11.1 Å². The predicted octanol–water partition coefficient (Wildman–Crippen LogP) is 4.60. The van der Waals surface area contributed by atoms with Crippen molar-refractivity contribution >= 4 is 28.0 Å². The fourth-order valence-corrected chi connectivity index (χ4v) is 3.90. The number of halogens is 3. The summed E-state index contributed by atoms with van der Waals surface area (Å²) in [4.78, 5) is 21.5. The molecule has 10 heteroatoms. The summed E-state index contributed by atoms with van der Waals surface area (Å²) in [5.74, 6) is -5.07. The van der Waals surface area contributed by atoms with Gasteiger partial charge in [-0.25, -0.2) is 22.1 Å². The average Bonchev–Trinajstić information content (AvgIpc) is 2.84. The van der Waals surface area contributed by atoms with Crippen molar-refractivity contribution < 1.29 is 26.7 Å². The second-order valence-electron chi connectivity index (χ2n) is 7.47. The fourth-order valence-electron chi connectivity index (χ4n) is 3.58. The minimum atomic E-state index is -2.24. The Bertz CT molecular complexity index is 1400. The summed E-state index contributed by atoms with van der Waals surface area (Å²) >= 11 is -2.24. The Hall–Kier alpha value is -3.47. The molecule has 2 aromatic carbocycles. The van der Waals surface area contributed by atoms with Crippen molar-refractivity contribution in [1.82, 2.24) is 14.7 Å². The van der Waals surface area contributed by atoms with E-state index in [0.717, 1.165) is 11.1 Å². The smallest absolute Gasteiger partial charge is 0.231 e. The van der Waals surface area contributed by atoms with Crippen molar-refractivity contribution in [3.05, 3.63) is 95.2 Å². The summed E-state index contributed by atoms with van der Waals surface area (Å²) in [6.07, 6.45) is 5.05. The van der Waals surface area contributed by atoms with Crippen LogP contribution in [-0.2, 0) is 17.7 Å². The van der Waals surface area contributed by atoms with Crippen molar-refractivity contribution in [2.24, 2.45) is 0 Å². The molecule has 0 fully saturated rings.